The second-order valence-electron chi connectivity index (χ2n) is 5.15. The second-order valence-corrected chi connectivity index (χ2v) is 5.15. The van der Waals surface area contributed by atoms with Gasteiger partial charge in [0.1, 0.15) is 5.82 Å². The van der Waals surface area contributed by atoms with Gasteiger partial charge >= 0.3 is 0 Å². The SMILES string of the molecule is Fc1ccccc1-n1ccc2cc(-c3cccnc3)ccc21. The zero-order chi connectivity index (χ0) is 14.9. The number of benzene rings is 2. The van der Waals surface area contributed by atoms with Crippen molar-refractivity contribution in [1.82, 2.24) is 9.55 Å². The lowest BCUT2D eigenvalue weighted by Gasteiger charge is -2.07. The number of fused-ring (bicyclic) bond motifs is 1. The normalized spacial score (nSPS) is 11.0. The molecule has 0 radical (unpaired) electrons. The molecule has 2 nitrogen and oxygen atoms in total. The minimum Gasteiger partial charge on any atom is -0.314 e. The molecule has 0 unspecified atom stereocenters. The Hall–Kier alpha value is -2.94. The Bertz CT molecular complexity index is 942. The van der Waals surface area contributed by atoms with Crippen LogP contribution in [0.2, 0.25) is 0 Å². The van der Waals surface area contributed by atoms with Crippen molar-refractivity contribution < 1.29 is 4.39 Å². The molecule has 0 spiro atoms. The highest BCUT2D eigenvalue weighted by atomic mass is 19.1. The molecule has 0 saturated heterocycles. The molecular weight excluding hydrogens is 275 g/mol. The van der Waals surface area contributed by atoms with Gasteiger partial charge in [-0.2, -0.15) is 0 Å². The number of halogens is 1. The van der Waals surface area contributed by atoms with E-state index in [0.717, 1.165) is 22.0 Å². The van der Waals surface area contributed by atoms with Crippen LogP contribution in [0.25, 0.3) is 27.7 Å². The lowest BCUT2D eigenvalue weighted by atomic mass is 10.1. The topological polar surface area (TPSA) is 17.8 Å². The molecule has 2 aromatic heterocycles. The lowest BCUT2D eigenvalue weighted by Crippen LogP contribution is -1.95. The van der Waals surface area contributed by atoms with Crippen molar-refractivity contribution >= 4 is 10.9 Å². The summed E-state index contributed by atoms with van der Waals surface area (Å²) >= 11 is 0. The Labute approximate surface area is 127 Å². The highest BCUT2D eigenvalue weighted by Gasteiger charge is 2.08. The molecule has 0 saturated carbocycles. The van der Waals surface area contributed by atoms with Gasteiger partial charge in [-0.25, -0.2) is 4.39 Å². The van der Waals surface area contributed by atoms with Gasteiger partial charge in [-0.15, -0.1) is 0 Å². The maximum atomic E-state index is 14.0. The van der Waals surface area contributed by atoms with Crippen LogP contribution in [0.3, 0.4) is 0 Å². The fourth-order valence-electron chi connectivity index (χ4n) is 2.71. The molecule has 2 aromatic carbocycles. The Morgan fingerprint density at radius 1 is 0.864 bits per heavy atom. The van der Waals surface area contributed by atoms with Crippen molar-refractivity contribution in [2.75, 3.05) is 0 Å². The van der Waals surface area contributed by atoms with Crippen molar-refractivity contribution in [2.45, 2.75) is 0 Å². The molecule has 0 N–H and O–H groups in total. The van der Waals surface area contributed by atoms with E-state index in [-0.39, 0.29) is 5.82 Å². The largest absolute Gasteiger partial charge is 0.314 e. The molecule has 0 aliphatic carbocycles. The molecule has 2 heterocycles. The van der Waals surface area contributed by atoms with Gasteiger partial charge in [0, 0.05) is 29.5 Å². The van der Waals surface area contributed by atoms with Gasteiger partial charge in [0.2, 0.25) is 0 Å². The van der Waals surface area contributed by atoms with E-state index in [2.05, 4.69) is 11.1 Å². The lowest BCUT2D eigenvalue weighted by molar-refractivity contribution is 0.620. The Balaban J connectivity index is 1.87. The van der Waals surface area contributed by atoms with Crippen molar-refractivity contribution in [1.29, 1.82) is 0 Å². The predicted molar refractivity (Wildman–Crippen MR) is 86.5 cm³/mol. The summed E-state index contributed by atoms with van der Waals surface area (Å²) < 4.78 is 15.9. The van der Waals surface area contributed by atoms with E-state index >= 15 is 0 Å². The molecule has 106 valence electrons. The predicted octanol–water partition coefficient (Wildman–Crippen LogP) is 4.83. The number of rotatable bonds is 2. The van der Waals surface area contributed by atoms with E-state index in [0.29, 0.717) is 5.69 Å². The molecule has 0 aliphatic rings. The minimum atomic E-state index is -0.226. The van der Waals surface area contributed by atoms with E-state index < -0.39 is 0 Å². The third-order valence-electron chi connectivity index (χ3n) is 3.80. The highest BCUT2D eigenvalue weighted by Crippen LogP contribution is 2.27. The van der Waals surface area contributed by atoms with Crippen LogP contribution in [0.4, 0.5) is 4.39 Å². The van der Waals surface area contributed by atoms with Crippen LogP contribution in [0.15, 0.2) is 79.3 Å². The van der Waals surface area contributed by atoms with Gasteiger partial charge in [-0.3, -0.25) is 4.98 Å². The third-order valence-corrected chi connectivity index (χ3v) is 3.80. The van der Waals surface area contributed by atoms with Crippen molar-refractivity contribution in [3.05, 3.63) is 85.1 Å². The molecule has 22 heavy (non-hydrogen) atoms. The van der Waals surface area contributed by atoms with Crippen LogP contribution in [0.5, 0.6) is 0 Å². The number of hydrogen-bond acceptors (Lipinski definition) is 1. The number of para-hydroxylation sites is 1. The number of nitrogens with zero attached hydrogens (tertiary/aromatic N) is 2. The molecular formula is C19H13FN2. The van der Waals surface area contributed by atoms with Crippen LogP contribution in [-0.2, 0) is 0 Å². The van der Waals surface area contributed by atoms with Gasteiger partial charge < -0.3 is 4.57 Å². The van der Waals surface area contributed by atoms with E-state index in [4.69, 9.17) is 0 Å². The van der Waals surface area contributed by atoms with Crippen LogP contribution >= 0.6 is 0 Å². The van der Waals surface area contributed by atoms with Gasteiger partial charge in [-0.05, 0) is 42.0 Å². The van der Waals surface area contributed by atoms with Gasteiger partial charge in [0.25, 0.3) is 0 Å². The summed E-state index contributed by atoms with van der Waals surface area (Å²) in [6.45, 7) is 0. The average Bonchev–Trinajstić information content (AvgIpc) is 2.99. The highest BCUT2D eigenvalue weighted by molar-refractivity contribution is 5.86. The van der Waals surface area contributed by atoms with Crippen molar-refractivity contribution in [3.63, 3.8) is 0 Å². The fraction of sp³-hybridized carbons (Fsp3) is 0. The van der Waals surface area contributed by atoms with Crippen LogP contribution in [0, 0.1) is 5.82 Å². The summed E-state index contributed by atoms with van der Waals surface area (Å²) in [5.74, 6) is -0.226. The molecule has 3 heteroatoms. The third kappa shape index (κ3) is 2.07. The molecule has 4 rings (SSSR count). The molecule has 0 atom stereocenters. The first-order valence-electron chi connectivity index (χ1n) is 7.09. The first kappa shape index (κ1) is 12.8. The van der Waals surface area contributed by atoms with E-state index in [1.807, 2.05) is 53.4 Å². The number of hydrogen-bond donors (Lipinski definition) is 0. The zero-order valence-corrected chi connectivity index (χ0v) is 11.8. The van der Waals surface area contributed by atoms with Crippen LogP contribution in [0.1, 0.15) is 0 Å². The van der Waals surface area contributed by atoms with Crippen molar-refractivity contribution in [3.8, 4) is 16.8 Å². The minimum absolute atomic E-state index is 0.226. The van der Waals surface area contributed by atoms with Crippen molar-refractivity contribution in [2.24, 2.45) is 0 Å². The van der Waals surface area contributed by atoms with Gasteiger partial charge in [0.05, 0.1) is 11.2 Å². The first-order valence-corrected chi connectivity index (χ1v) is 7.09. The molecule has 0 fully saturated rings. The monoisotopic (exact) mass is 288 g/mol. The summed E-state index contributed by atoms with van der Waals surface area (Å²) in [6, 6.07) is 18.9. The molecule has 0 amide bonds. The Morgan fingerprint density at radius 3 is 2.59 bits per heavy atom. The van der Waals surface area contributed by atoms with E-state index in [9.17, 15) is 4.39 Å². The van der Waals surface area contributed by atoms with Gasteiger partial charge in [0.15, 0.2) is 0 Å². The van der Waals surface area contributed by atoms with E-state index in [1.165, 1.54) is 6.07 Å². The number of pyridine rings is 1. The fourth-order valence-corrected chi connectivity index (χ4v) is 2.71. The zero-order valence-electron chi connectivity index (χ0n) is 11.8. The maximum Gasteiger partial charge on any atom is 0.147 e. The van der Waals surface area contributed by atoms with Gasteiger partial charge in [-0.1, -0.05) is 24.3 Å². The molecule has 0 bridgehead atoms. The summed E-state index contributed by atoms with van der Waals surface area (Å²) in [5.41, 5.74) is 3.72. The van der Waals surface area contributed by atoms with Crippen LogP contribution < -0.4 is 0 Å². The Morgan fingerprint density at radius 2 is 1.77 bits per heavy atom. The average molecular weight is 288 g/mol. The van der Waals surface area contributed by atoms with E-state index in [1.54, 1.807) is 18.3 Å². The Kier molecular flexibility index (Phi) is 2.97. The maximum absolute atomic E-state index is 14.0. The second kappa shape index (κ2) is 5.11. The smallest absolute Gasteiger partial charge is 0.147 e. The summed E-state index contributed by atoms with van der Waals surface area (Å²) in [5, 5.41) is 1.07. The first-order chi connectivity index (χ1) is 10.8. The molecule has 4 aromatic rings. The summed E-state index contributed by atoms with van der Waals surface area (Å²) in [6.07, 6.45) is 5.50. The van der Waals surface area contributed by atoms with Crippen LogP contribution in [-0.4, -0.2) is 9.55 Å². The summed E-state index contributed by atoms with van der Waals surface area (Å²) in [4.78, 5) is 4.15. The standard InChI is InChI=1S/C19H13FN2/c20-17-5-1-2-6-19(17)22-11-9-15-12-14(7-8-18(15)22)16-4-3-10-21-13-16/h1-13H. The molecule has 0 aliphatic heterocycles. The number of aromatic nitrogens is 2. The summed E-state index contributed by atoms with van der Waals surface area (Å²) in [7, 11) is 0. The quantitative estimate of drug-likeness (QED) is 0.516.